The van der Waals surface area contributed by atoms with Crippen molar-refractivity contribution < 1.29 is 19.1 Å². The Kier molecular flexibility index (Phi) is 4.24. The van der Waals surface area contributed by atoms with E-state index in [1.54, 1.807) is 17.0 Å². The molecule has 0 bridgehead atoms. The fourth-order valence-corrected chi connectivity index (χ4v) is 3.33. The summed E-state index contributed by atoms with van der Waals surface area (Å²) in [6.07, 6.45) is 0.268. The van der Waals surface area contributed by atoms with Gasteiger partial charge in [0.25, 0.3) is 5.91 Å². The van der Waals surface area contributed by atoms with Crippen LogP contribution < -0.4 is 0 Å². The first-order valence-electron chi connectivity index (χ1n) is 8.48. The lowest BCUT2D eigenvalue weighted by Crippen LogP contribution is -2.40. The predicted molar refractivity (Wildman–Crippen MR) is 91.5 cm³/mol. The Morgan fingerprint density at radius 2 is 1.80 bits per heavy atom. The highest BCUT2D eigenvalue weighted by molar-refractivity contribution is 5.97. The maximum Gasteiger partial charge on any atom is 0.339 e. The molecule has 1 amide bonds. The molecule has 0 spiro atoms. The smallest absolute Gasteiger partial charge is 0.339 e. The van der Waals surface area contributed by atoms with Crippen molar-refractivity contribution in [2.24, 2.45) is 0 Å². The van der Waals surface area contributed by atoms with Gasteiger partial charge in [-0.05, 0) is 29.3 Å². The normalized spacial score (nSPS) is 19.9. The van der Waals surface area contributed by atoms with Crippen LogP contribution in [0.25, 0.3) is 0 Å². The summed E-state index contributed by atoms with van der Waals surface area (Å²) in [5.41, 5.74) is 2.99. The van der Waals surface area contributed by atoms with E-state index in [4.69, 9.17) is 9.47 Å². The van der Waals surface area contributed by atoms with Crippen LogP contribution in [0, 0.1) is 0 Å². The van der Waals surface area contributed by atoms with E-state index in [9.17, 15) is 9.59 Å². The van der Waals surface area contributed by atoms with E-state index < -0.39 is 0 Å². The van der Waals surface area contributed by atoms with Gasteiger partial charge in [0, 0.05) is 25.1 Å². The summed E-state index contributed by atoms with van der Waals surface area (Å²) in [5, 5.41) is 0. The number of morpholine rings is 1. The highest BCUT2D eigenvalue weighted by Crippen LogP contribution is 2.31. The zero-order valence-corrected chi connectivity index (χ0v) is 13.8. The number of fused-ring (bicyclic) bond motifs is 1. The summed E-state index contributed by atoms with van der Waals surface area (Å²) in [5.74, 6) is -0.346. The molecule has 2 aromatic carbocycles. The van der Waals surface area contributed by atoms with Crippen molar-refractivity contribution in [1.82, 2.24) is 4.90 Å². The average molecular weight is 337 g/mol. The molecule has 5 nitrogen and oxygen atoms in total. The van der Waals surface area contributed by atoms with E-state index in [0.29, 0.717) is 43.9 Å². The monoisotopic (exact) mass is 337 g/mol. The topological polar surface area (TPSA) is 55.8 Å². The third-order valence-electron chi connectivity index (χ3n) is 4.70. The first-order valence-corrected chi connectivity index (χ1v) is 8.48. The van der Waals surface area contributed by atoms with Crippen molar-refractivity contribution in [3.8, 4) is 0 Å². The van der Waals surface area contributed by atoms with E-state index in [-0.39, 0.29) is 18.0 Å². The van der Waals surface area contributed by atoms with Gasteiger partial charge in [0.15, 0.2) is 0 Å². The zero-order valence-electron chi connectivity index (χ0n) is 13.8. The number of esters is 1. The van der Waals surface area contributed by atoms with Gasteiger partial charge in [-0.2, -0.15) is 0 Å². The second kappa shape index (κ2) is 6.69. The van der Waals surface area contributed by atoms with Gasteiger partial charge in [-0.1, -0.05) is 30.3 Å². The summed E-state index contributed by atoms with van der Waals surface area (Å²) >= 11 is 0. The van der Waals surface area contributed by atoms with Gasteiger partial charge in [0.05, 0.1) is 18.8 Å². The summed E-state index contributed by atoms with van der Waals surface area (Å²) in [4.78, 5) is 26.8. The Morgan fingerprint density at radius 3 is 2.56 bits per heavy atom. The first-order chi connectivity index (χ1) is 12.2. The second-order valence-corrected chi connectivity index (χ2v) is 6.29. The second-order valence-electron chi connectivity index (χ2n) is 6.29. The lowest BCUT2D eigenvalue weighted by Gasteiger charge is -2.28. The van der Waals surface area contributed by atoms with Crippen molar-refractivity contribution >= 4 is 11.9 Å². The van der Waals surface area contributed by atoms with Gasteiger partial charge in [-0.25, -0.2) is 4.79 Å². The van der Waals surface area contributed by atoms with Crippen LogP contribution in [0.5, 0.6) is 0 Å². The molecule has 0 unspecified atom stereocenters. The number of benzene rings is 2. The van der Waals surface area contributed by atoms with E-state index in [2.05, 4.69) is 0 Å². The molecule has 0 radical (unpaired) electrons. The first kappa shape index (κ1) is 15.8. The lowest BCUT2D eigenvalue weighted by molar-refractivity contribution is 0.0249. The molecular formula is C20H19NO4. The number of rotatable bonds is 2. The molecule has 0 aliphatic carbocycles. The highest BCUT2D eigenvalue weighted by Gasteiger charge is 2.29. The third-order valence-corrected chi connectivity index (χ3v) is 4.70. The number of ether oxygens (including phenoxy) is 2. The minimum atomic E-state index is -0.333. The van der Waals surface area contributed by atoms with Gasteiger partial charge in [-0.15, -0.1) is 0 Å². The molecule has 1 fully saturated rings. The van der Waals surface area contributed by atoms with Crippen LogP contribution in [0.2, 0.25) is 0 Å². The fourth-order valence-electron chi connectivity index (χ4n) is 3.33. The van der Waals surface area contributed by atoms with Crippen molar-refractivity contribution in [3.05, 3.63) is 70.8 Å². The van der Waals surface area contributed by atoms with Crippen LogP contribution in [0.15, 0.2) is 48.5 Å². The van der Waals surface area contributed by atoms with Gasteiger partial charge in [0.1, 0.15) is 6.10 Å². The van der Waals surface area contributed by atoms with Gasteiger partial charge >= 0.3 is 5.97 Å². The van der Waals surface area contributed by atoms with Crippen LogP contribution in [0.1, 0.15) is 37.9 Å². The Bertz CT molecular complexity index is 797. The average Bonchev–Trinajstić information content (AvgIpc) is 2.68. The highest BCUT2D eigenvalue weighted by atomic mass is 16.5. The van der Waals surface area contributed by atoms with E-state index >= 15 is 0 Å². The Balaban J connectivity index is 1.61. The van der Waals surface area contributed by atoms with Crippen molar-refractivity contribution in [1.29, 1.82) is 0 Å². The van der Waals surface area contributed by atoms with Gasteiger partial charge < -0.3 is 14.4 Å². The standard InChI is InChI=1S/C20H19NO4/c22-19(21-8-10-24-11-9-21)15-6-7-17-16(12-15)13-18(25-20(17)23)14-4-2-1-3-5-14/h1-7,12,18H,8-11,13H2/t18-/m1/s1. The molecule has 0 N–H and O–H groups in total. The van der Waals surface area contributed by atoms with Crippen molar-refractivity contribution in [2.45, 2.75) is 12.5 Å². The molecule has 2 aliphatic heterocycles. The maximum atomic E-state index is 12.7. The van der Waals surface area contributed by atoms with E-state index in [0.717, 1.165) is 11.1 Å². The summed E-state index contributed by atoms with van der Waals surface area (Å²) in [7, 11) is 0. The maximum absolute atomic E-state index is 12.7. The van der Waals surface area contributed by atoms with Crippen LogP contribution in [0.3, 0.4) is 0 Å². The number of hydrogen-bond donors (Lipinski definition) is 0. The number of carbonyl (C=O) groups is 2. The fraction of sp³-hybridized carbons (Fsp3) is 0.300. The molecular weight excluding hydrogens is 318 g/mol. The number of cyclic esters (lactones) is 1. The van der Waals surface area contributed by atoms with Crippen LogP contribution in [0.4, 0.5) is 0 Å². The molecule has 5 heteroatoms. The Labute approximate surface area is 146 Å². The SMILES string of the molecule is O=C1O[C@@H](c2ccccc2)Cc2cc(C(=O)N3CCOCC3)ccc21. The van der Waals surface area contributed by atoms with Crippen molar-refractivity contribution in [3.63, 3.8) is 0 Å². The number of amides is 1. The van der Waals surface area contributed by atoms with Crippen molar-refractivity contribution in [2.75, 3.05) is 26.3 Å². The summed E-state index contributed by atoms with van der Waals surface area (Å²) in [6.45, 7) is 2.34. The zero-order chi connectivity index (χ0) is 17.2. The largest absolute Gasteiger partial charge is 0.454 e. The quantitative estimate of drug-likeness (QED) is 0.791. The molecule has 0 saturated carbocycles. The Hall–Kier alpha value is -2.66. The molecule has 2 aromatic rings. The number of hydrogen-bond acceptors (Lipinski definition) is 4. The molecule has 0 aromatic heterocycles. The Morgan fingerprint density at radius 1 is 1.04 bits per heavy atom. The number of carbonyl (C=O) groups excluding carboxylic acids is 2. The molecule has 2 heterocycles. The molecule has 25 heavy (non-hydrogen) atoms. The minimum absolute atomic E-state index is 0.0127. The van der Waals surface area contributed by atoms with E-state index in [1.165, 1.54) is 0 Å². The predicted octanol–water partition coefficient (Wildman–Crippen LogP) is 2.61. The van der Waals surface area contributed by atoms with Gasteiger partial charge in [0.2, 0.25) is 0 Å². The number of nitrogens with zero attached hydrogens (tertiary/aromatic N) is 1. The van der Waals surface area contributed by atoms with Crippen LogP contribution in [-0.4, -0.2) is 43.1 Å². The van der Waals surface area contributed by atoms with Crippen LogP contribution >= 0.6 is 0 Å². The van der Waals surface area contributed by atoms with Gasteiger partial charge in [-0.3, -0.25) is 4.79 Å². The third kappa shape index (κ3) is 3.15. The van der Waals surface area contributed by atoms with Crippen LogP contribution in [-0.2, 0) is 15.9 Å². The molecule has 128 valence electrons. The molecule has 2 aliphatic rings. The summed E-state index contributed by atoms with van der Waals surface area (Å²) < 4.78 is 10.9. The minimum Gasteiger partial charge on any atom is -0.454 e. The van der Waals surface area contributed by atoms with E-state index in [1.807, 2.05) is 36.4 Å². The molecule has 1 saturated heterocycles. The lowest BCUT2D eigenvalue weighted by atomic mass is 9.93. The molecule has 1 atom stereocenters. The summed E-state index contributed by atoms with van der Waals surface area (Å²) in [6, 6.07) is 14.9. The molecule has 4 rings (SSSR count).